The fourth-order valence-corrected chi connectivity index (χ4v) is 6.06. The summed E-state index contributed by atoms with van der Waals surface area (Å²) in [6.45, 7) is 6.53. The maximum atomic E-state index is 13.5. The number of aliphatic imine (C=N–C) groups is 2. The average molecular weight is 721 g/mol. The number of hydrogen-bond donors (Lipinski definition) is 2. The molecule has 48 heavy (non-hydrogen) atoms. The Labute approximate surface area is 289 Å². The second-order valence-corrected chi connectivity index (χ2v) is 13.6. The van der Waals surface area contributed by atoms with E-state index in [-0.39, 0.29) is 37.2 Å². The van der Waals surface area contributed by atoms with Crippen LogP contribution < -0.4 is 10.6 Å². The lowest BCUT2D eigenvalue weighted by Crippen LogP contribution is -2.58. The summed E-state index contributed by atoms with van der Waals surface area (Å²) in [4.78, 5) is 50.1. The predicted molar refractivity (Wildman–Crippen MR) is 187 cm³/mol. The van der Waals surface area contributed by atoms with Gasteiger partial charge in [0.05, 0.1) is 28.9 Å². The third-order valence-electron chi connectivity index (χ3n) is 7.90. The van der Waals surface area contributed by atoms with Crippen molar-refractivity contribution in [2.45, 2.75) is 76.4 Å². The Morgan fingerprint density at radius 1 is 1.04 bits per heavy atom. The number of likely N-dealkylation sites (tertiary alicyclic amines) is 1. The van der Waals surface area contributed by atoms with E-state index in [4.69, 9.17) is 24.2 Å². The Bertz CT molecular complexity index is 1570. The number of fused-ring (bicyclic) bond motifs is 1. The van der Waals surface area contributed by atoms with Crippen LogP contribution in [0.4, 0.5) is 4.79 Å². The topological polar surface area (TPSA) is 131 Å². The summed E-state index contributed by atoms with van der Waals surface area (Å²) in [7, 11) is 0. The predicted octanol–water partition coefficient (Wildman–Crippen LogP) is 5.32. The lowest BCUT2D eigenvalue weighted by Gasteiger charge is -2.39. The van der Waals surface area contributed by atoms with Gasteiger partial charge in [0.15, 0.2) is 0 Å². The molecule has 11 nitrogen and oxygen atoms in total. The zero-order valence-corrected chi connectivity index (χ0v) is 29.0. The third kappa shape index (κ3) is 9.56. The van der Waals surface area contributed by atoms with Crippen LogP contribution >= 0.6 is 15.9 Å². The molecule has 2 heterocycles. The van der Waals surface area contributed by atoms with Crippen LogP contribution in [0, 0.1) is 0 Å². The summed E-state index contributed by atoms with van der Waals surface area (Å²) in [6.07, 6.45) is 6.45. The minimum absolute atomic E-state index is 0.150. The summed E-state index contributed by atoms with van der Waals surface area (Å²) in [5.74, 6) is 0.570. The highest BCUT2D eigenvalue weighted by Gasteiger charge is 2.39. The van der Waals surface area contributed by atoms with Crippen molar-refractivity contribution >= 4 is 45.9 Å². The smallest absolute Gasteiger partial charge is 0.410 e. The monoisotopic (exact) mass is 719 g/mol. The number of piperidine rings is 1. The first-order valence-electron chi connectivity index (χ1n) is 16.2. The molecule has 1 saturated heterocycles. The maximum Gasteiger partial charge on any atom is 0.410 e. The minimum Gasteiger partial charge on any atom is -0.490 e. The Balaban J connectivity index is 1.20. The average Bonchev–Trinajstić information content (AvgIpc) is 3.07. The van der Waals surface area contributed by atoms with Gasteiger partial charge in [-0.2, -0.15) is 0 Å². The van der Waals surface area contributed by atoms with Crippen molar-refractivity contribution < 1.29 is 28.6 Å². The molecule has 2 N–H and O–H groups in total. The van der Waals surface area contributed by atoms with Crippen molar-refractivity contribution in [2.24, 2.45) is 9.98 Å². The van der Waals surface area contributed by atoms with Crippen molar-refractivity contribution in [1.82, 2.24) is 15.5 Å². The fourth-order valence-electron chi connectivity index (χ4n) is 5.55. The molecule has 1 aliphatic carbocycles. The second-order valence-electron chi connectivity index (χ2n) is 12.8. The number of rotatable bonds is 10. The highest BCUT2D eigenvalue weighted by molar-refractivity contribution is 9.11. The van der Waals surface area contributed by atoms with E-state index < -0.39 is 23.7 Å². The molecule has 0 radical (unpaired) electrons. The molecule has 12 heteroatoms. The van der Waals surface area contributed by atoms with Crippen LogP contribution in [0.5, 0.6) is 0 Å². The van der Waals surface area contributed by atoms with Crippen LogP contribution in [-0.4, -0.2) is 84.4 Å². The highest BCUT2D eigenvalue weighted by Crippen LogP contribution is 2.31. The fraction of sp³-hybridized carbons (Fsp3) is 0.417. The molecule has 1 fully saturated rings. The molecule has 0 bridgehead atoms. The number of allylic oxidation sites excluding steroid dienone is 2. The SMILES string of the molecule is CC(C)(C)OC(=O)N1CC[C@H](NC2=NC3C(OCc4ccccc4)=C(Br)C=CC3N=C2)C[C@H]1C(=O)NCCCOC(=O)c1ccccc1. The number of nitrogens with zero attached hydrogens (tertiary/aromatic N) is 3. The minimum atomic E-state index is -0.775. The summed E-state index contributed by atoms with van der Waals surface area (Å²) in [6, 6.07) is 17.2. The summed E-state index contributed by atoms with van der Waals surface area (Å²) >= 11 is 3.63. The van der Waals surface area contributed by atoms with Crippen LogP contribution in [0.1, 0.15) is 56.0 Å². The van der Waals surface area contributed by atoms with Crippen molar-refractivity contribution in [1.29, 1.82) is 0 Å². The van der Waals surface area contributed by atoms with Gasteiger partial charge in [0.25, 0.3) is 0 Å². The number of halogens is 1. The van der Waals surface area contributed by atoms with E-state index in [2.05, 4.69) is 26.6 Å². The van der Waals surface area contributed by atoms with E-state index in [0.29, 0.717) is 49.6 Å². The standard InChI is InChI=1S/C36H42BrN5O6/c1-36(2,3)48-35(45)42-19-17-26(21-29(42)33(43)38-18-10-20-46-34(44)25-13-8-5-9-14-25)40-30-22-39-28-16-15-27(37)32(31(28)41-30)47-23-24-11-6-4-7-12-24/h4-9,11-16,22,26,28-29,31H,10,17-21,23H2,1-3H3,(H,38,43)(H,40,41)/t26-,28?,29-,31?/m0/s1. The Morgan fingerprint density at radius 3 is 2.50 bits per heavy atom. The first kappa shape index (κ1) is 34.9. The van der Waals surface area contributed by atoms with E-state index in [1.54, 1.807) is 51.3 Å². The Kier molecular flexibility index (Phi) is 11.7. The number of benzene rings is 2. The third-order valence-corrected chi connectivity index (χ3v) is 8.55. The van der Waals surface area contributed by atoms with Crippen LogP contribution in [0.3, 0.4) is 0 Å². The number of hydrogen-bond acceptors (Lipinski definition) is 9. The zero-order valence-electron chi connectivity index (χ0n) is 27.4. The van der Waals surface area contributed by atoms with E-state index >= 15 is 0 Å². The quantitative estimate of drug-likeness (QED) is 0.251. The van der Waals surface area contributed by atoms with Gasteiger partial charge in [-0.25, -0.2) is 9.59 Å². The lowest BCUT2D eigenvalue weighted by atomic mass is 9.96. The molecule has 3 aliphatic rings. The lowest BCUT2D eigenvalue weighted by molar-refractivity contribution is -0.127. The van der Waals surface area contributed by atoms with Gasteiger partial charge in [-0.1, -0.05) is 54.6 Å². The molecule has 2 aromatic rings. The van der Waals surface area contributed by atoms with Crippen molar-refractivity contribution in [3.63, 3.8) is 0 Å². The molecule has 5 rings (SSSR count). The largest absolute Gasteiger partial charge is 0.490 e. The van der Waals surface area contributed by atoms with Crippen LogP contribution in [0.15, 0.2) is 93.0 Å². The number of ether oxygens (including phenoxy) is 3. The van der Waals surface area contributed by atoms with E-state index in [1.165, 1.54) is 4.90 Å². The first-order valence-corrected chi connectivity index (χ1v) is 17.0. The second kappa shape index (κ2) is 16.1. The number of esters is 1. The zero-order chi connectivity index (χ0) is 34.1. The molecule has 2 aromatic carbocycles. The van der Waals surface area contributed by atoms with Crippen molar-refractivity contribution in [2.75, 3.05) is 19.7 Å². The normalized spacial score (nSPS) is 21.9. The van der Waals surface area contributed by atoms with Crippen LogP contribution in [-0.2, 0) is 25.6 Å². The van der Waals surface area contributed by atoms with Gasteiger partial charge >= 0.3 is 12.1 Å². The summed E-state index contributed by atoms with van der Waals surface area (Å²) in [5.41, 5.74) is 0.807. The van der Waals surface area contributed by atoms with Gasteiger partial charge in [-0.3, -0.25) is 19.7 Å². The number of carbonyl (C=O) groups is 3. The Hall–Kier alpha value is -4.45. The van der Waals surface area contributed by atoms with Crippen molar-refractivity contribution in [3.8, 4) is 0 Å². The summed E-state index contributed by atoms with van der Waals surface area (Å²) < 4.78 is 18.0. The molecule has 254 valence electrons. The van der Waals surface area contributed by atoms with Crippen LogP contribution in [0.25, 0.3) is 0 Å². The molecule has 2 amide bonds. The number of carbonyl (C=O) groups excluding carboxylic acids is 3. The van der Waals surface area contributed by atoms with E-state index in [0.717, 1.165) is 10.0 Å². The molecule has 2 aliphatic heterocycles. The number of amidine groups is 1. The van der Waals surface area contributed by atoms with Gasteiger partial charge in [0.2, 0.25) is 5.91 Å². The highest BCUT2D eigenvalue weighted by atomic mass is 79.9. The molecular weight excluding hydrogens is 678 g/mol. The molecule has 0 aromatic heterocycles. The molecule has 4 atom stereocenters. The van der Waals surface area contributed by atoms with Gasteiger partial charge in [0, 0.05) is 19.1 Å². The molecule has 2 unspecified atom stereocenters. The van der Waals surface area contributed by atoms with Crippen molar-refractivity contribution in [3.05, 3.63) is 94.2 Å². The molecule has 0 saturated carbocycles. The van der Waals surface area contributed by atoms with Gasteiger partial charge < -0.3 is 24.8 Å². The van der Waals surface area contributed by atoms with Gasteiger partial charge in [-0.05, 0) is 79.7 Å². The molecular formula is C36H42BrN5O6. The Morgan fingerprint density at radius 2 is 1.77 bits per heavy atom. The summed E-state index contributed by atoms with van der Waals surface area (Å²) in [5, 5.41) is 6.38. The van der Waals surface area contributed by atoms with E-state index in [9.17, 15) is 14.4 Å². The van der Waals surface area contributed by atoms with E-state index in [1.807, 2.05) is 48.6 Å². The maximum absolute atomic E-state index is 13.5. The van der Waals surface area contributed by atoms with Gasteiger partial charge in [0.1, 0.15) is 35.9 Å². The van der Waals surface area contributed by atoms with Gasteiger partial charge in [-0.15, -0.1) is 0 Å². The number of nitrogens with one attached hydrogen (secondary N) is 2. The molecule has 0 spiro atoms. The number of amides is 2. The van der Waals surface area contributed by atoms with Crippen LogP contribution in [0.2, 0.25) is 0 Å². The first-order chi connectivity index (χ1) is 23.1.